The number of guanidine groups is 1. The monoisotopic (exact) mass is 408 g/mol. The van der Waals surface area contributed by atoms with Crippen LogP contribution in [0.3, 0.4) is 0 Å². The third kappa shape index (κ3) is 6.14. The molecule has 0 aromatic heterocycles. The summed E-state index contributed by atoms with van der Waals surface area (Å²) in [5.41, 5.74) is 0.927. The second-order valence-corrected chi connectivity index (χ2v) is 7.45. The molecule has 164 valence electrons. The average Bonchev–Trinajstić information content (AvgIpc) is 2.75. The van der Waals surface area contributed by atoms with Crippen molar-refractivity contribution in [2.45, 2.75) is 32.9 Å². The second-order valence-electron chi connectivity index (χ2n) is 7.45. The molecule has 0 spiro atoms. The van der Waals surface area contributed by atoms with E-state index in [1.54, 1.807) is 21.3 Å². The van der Waals surface area contributed by atoms with Crippen LogP contribution in [0.4, 0.5) is 0 Å². The zero-order valence-electron chi connectivity index (χ0n) is 18.6. The number of rotatable bonds is 9. The van der Waals surface area contributed by atoms with E-state index in [2.05, 4.69) is 36.3 Å². The number of hydrogen-bond acceptors (Lipinski definition) is 6. The third-order valence-corrected chi connectivity index (χ3v) is 5.09. The maximum atomic E-state index is 5.56. The quantitative estimate of drug-likeness (QED) is 0.477. The molecule has 1 aliphatic heterocycles. The average molecular weight is 409 g/mol. The number of nitrogens with zero attached hydrogens (tertiary/aromatic N) is 2. The summed E-state index contributed by atoms with van der Waals surface area (Å²) in [7, 11) is 4.84. The van der Waals surface area contributed by atoms with Gasteiger partial charge in [0, 0.05) is 37.3 Å². The molecule has 0 radical (unpaired) electrons. The van der Waals surface area contributed by atoms with Crippen LogP contribution in [-0.4, -0.2) is 77.1 Å². The minimum absolute atomic E-state index is 0.000987. The van der Waals surface area contributed by atoms with Crippen LogP contribution in [0.5, 0.6) is 17.2 Å². The first kappa shape index (κ1) is 23.1. The number of morpholine rings is 1. The predicted octanol–water partition coefficient (Wildman–Crippen LogP) is 1.88. The van der Waals surface area contributed by atoms with Crippen molar-refractivity contribution in [3.8, 4) is 17.2 Å². The van der Waals surface area contributed by atoms with E-state index >= 15 is 0 Å². The molecule has 1 saturated heterocycles. The molecule has 8 nitrogen and oxygen atoms in total. The Kier molecular flexibility index (Phi) is 8.85. The maximum Gasteiger partial charge on any atom is 0.203 e. The van der Waals surface area contributed by atoms with Gasteiger partial charge in [-0.1, -0.05) is 0 Å². The van der Waals surface area contributed by atoms with E-state index in [1.807, 2.05) is 12.1 Å². The van der Waals surface area contributed by atoms with Crippen LogP contribution >= 0.6 is 0 Å². The molecule has 0 amide bonds. The number of hydrogen-bond donors (Lipinski definition) is 2. The number of benzene rings is 1. The van der Waals surface area contributed by atoms with Gasteiger partial charge < -0.3 is 29.6 Å². The summed E-state index contributed by atoms with van der Waals surface area (Å²) >= 11 is 0. The van der Waals surface area contributed by atoms with E-state index in [1.165, 1.54) is 0 Å². The van der Waals surface area contributed by atoms with Gasteiger partial charge in [-0.25, -0.2) is 4.99 Å². The molecule has 1 aliphatic rings. The SMILES string of the molecule is CCNC(=NCc1ccc(OC)c(OC)c1OC)NCC(C)(C)N1CCOCC1. The van der Waals surface area contributed by atoms with Crippen molar-refractivity contribution in [2.24, 2.45) is 4.99 Å². The fourth-order valence-electron chi connectivity index (χ4n) is 3.37. The van der Waals surface area contributed by atoms with Crippen LogP contribution in [0, 0.1) is 0 Å². The van der Waals surface area contributed by atoms with Gasteiger partial charge in [0.1, 0.15) is 0 Å². The first-order valence-electron chi connectivity index (χ1n) is 10.1. The molecule has 1 fully saturated rings. The van der Waals surface area contributed by atoms with E-state index in [0.29, 0.717) is 23.8 Å². The molecular weight excluding hydrogens is 372 g/mol. The Bertz CT molecular complexity index is 673. The van der Waals surface area contributed by atoms with Crippen molar-refractivity contribution in [1.29, 1.82) is 0 Å². The largest absolute Gasteiger partial charge is 0.493 e. The summed E-state index contributed by atoms with van der Waals surface area (Å²) < 4.78 is 21.9. The fraction of sp³-hybridized carbons (Fsp3) is 0.667. The number of aliphatic imine (C=N–C) groups is 1. The summed E-state index contributed by atoms with van der Waals surface area (Å²) in [5.74, 6) is 2.62. The summed E-state index contributed by atoms with van der Waals surface area (Å²) in [6.07, 6.45) is 0. The highest BCUT2D eigenvalue weighted by Gasteiger charge is 2.28. The lowest BCUT2D eigenvalue weighted by atomic mass is 10.0. The molecule has 2 rings (SSSR count). The van der Waals surface area contributed by atoms with Crippen LogP contribution in [0.15, 0.2) is 17.1 Å². The summed E-state index contributed by atoms with van der Waals surface area (Å²) in [5, 5.41) is 6.79. The van der Waals surface area contributed by atoms with Crippen molar-refractivity contribution in [2.75, 3.05) is 60.7 Å². The molecule has 0 saturated carbocycles. The van der Waals surface area contributed by atoms with E-state index in [0.717, 1.165) is 50.9 Å². The Hall–Kier alpha value is -2.19. The van der Waals surface area contributed by atoms with Crippen LogP contribution < -0.4 is 24.8 Å². The van der Waals surface area contributed by atoms with E-state index in [4.69, 9.17) is 23.9 Å². The zero-order chi connectivity index (χ0) is 21.3. The molecule has 0 atom stereocenters. The number of methoxy groups -OCH3 is 3. The van der Waals surface area contributed by atoms with E-state index in [9.17, 15) is 0 Å². The molecule has 1 aromatic rings. The summed E-state index contributed by atoms with van der Waals surface area (Å²) in [4.78, 5) is 7.20. The van der Waals surface area contributed by atoms with Crippen LogP contribution in [0.1, 0.15) is 26.3 Å². The molecule has 8 heteroatoms. The first-order valence-corrected chi connectivity index (χ1v) is 10.1. The van der Waals surface area contributed by atoms with Crippen molar-refractivity contribution in [3.05, 3.63) is 17.7 Å². The van der Waals surface area contributed by atoms with Gasteiger partial charge in [0.25, 0.3) is 0 Å². The van der Waals surface area contributed by atoms with Gasteiger partial charge in [-0.3, -0.25) is 4.90 Å². The second kappa shape index (κ2) is 11.1. The van der Waals surface area contributed by atoms with Gasteiger partial charge in [-0.2, -0.15) is 0 Å². The molecule has 1 heterocycles. The summed E-state index contributed by atoms with van der Waals surface area (Å²) in [6, 6.07) is 3.82. The van der Waals surface area contributed by atoms with Gasteiger partial charge in [0.15, 0.2) is 17.5 Å². The van der Waals surface area contributed by atoms with Crippen LogP contribution in [0.2, 0.25) is 0 Å². The van der Waals surface area contributed by atoms with Gasteiger partial charge in [-0.15, -0.1) is 0 Å². The van der Waals surface area contributed by atoms with Gasteiger partial charge in [0.05, 0.1) is 41.1 Å². The zero-order valence-corrected chi connectivity index (χ0v) is 18.6. The highest BCUT2D eigenvalue weighted by molar-refractivity contribution is 5.80. The molecule has 2 N–H and O–H groups in total. The van der Waals surface area contributed by atoms with Gasteiger partial charge >= 0.3 is 0 Å². The third-order valence-electron chi connectivity index (χ3n) is 5.09. The fourth-order valence-corrected chi connectivity index (χ4v) is 3.37. The van der Waals surface area contributed by atoms with Crippen LogP contribution in [-0.2, 0) is 11.3 Å². The molecule has 0 aliphatic carbocycles. The lowest BCUT2D eigenvalue weighted by Gasteiger charge is -2.41. The highest BCUT2D eigenvalue weighted by atomic mass is 16.5. The van der Waals surface area contributed by atoms with Crippen molar-refractivity contribution in [1.82, 2.24) is 15.5 Å². The van der Waals surface area contributed by atoms with Gasteiger partial charge in [0.2, 0.25) is 5.75 Å². The Morgan fingerprint density at radius 1 is 1.07 bits per heavy atom. The predicted molar refractivity (Wildman–Crippen MR) is 115 cm³/mol. The Morgan fingerprint density at radius 2 is 1.76 bits per heavy atom. The Labute approximate surface area is 174 Å². The van der Waals surface area contributed by atoms with Crippen LogP contribution in [0.25, 0.3) is 0 Å². The summed E-state index contributed by atoms with van der Waals surface area (Å²) in [6.45, 7) is 12.0. The lowest BCUT2D eigenvalue weighted by Crippen LogP contribution is -2.56. The first-order chi connectivity index (χ1) is 14.0. The minimum Gasteiger partial charge on any atom is -0.493 e. The molecular formula is C21H36N4O4. The van der Waals surface area contributed by atoms with E-state index in [-0.39, 0.29) is 5.54 Å². The molecule has 1 aromatic carbocycles. The van der Waals surface area contributed by atoms with E-state index < -0.39 is 0 Å². The van der Waals surface area contributed by atoms with Crippen molar-refractivity contribution >= 4 is 5.96 Å². The maximum absolute atomic E-state index is 5.56. The molecule has 0 unspecified atom stereocenters. The minimum atomic E-state index is 0.000987. The lowest BCUT2D eigenvalue weighted by molar-refractivity contribution is -0.00834. The molecule has 0 bridgehead atoms. The topological polar surface area (TPSA) is 76.6 Å². The normalized spacial score (nSPS) is 15.7. The smallest absolute Gasteiger partial charge is 0.203 e. The van der Waals surface area contributed by atoms with Gasteiger partial charge in [-0.05, 0) is 32.9 Å². The van der Waals surface area contributed by atoms with Crippen molar-refractivity contribution < 1.29 is 18.9 Å². The Morgan fingerprint density at radius 3 is 2.34 bits per heavy atom. The molecule has 29 heavy (non-hydrogen) atoms. The highest BCUT2D eigenvalue weighted by Crippen LogP contribution is 2.39. The standard InChI is InChI=1S/C21H36N4O4/c1-7-22-20(24-15-21(2,3)25-10-12-29-13-11-25)23-14-16-8-9-17(26-4)19(28-6)18(16)27-5/h8-9H,7,10-15H2,1-6H3,(H2,22,23,24). The number of ether oxygens (including phenoxy) is 4. The number of nitrogens with one attached hydrogen (secondary N) is 2. The van der Waals surface area contributed by atoms with Crippen molar-refractivity contribution in [3.63, 3.8) is 0 Å². The Balaban J connectivity index is 2.10.